The van der Waals surface area contributed by atoms with Gasteiger partial charge >= 0.3 is 0 Å². The summed E-state index contributed by atoms with van der Waals surface area (Å²) in [6.07, 6.45) is 2.64. The second-order valence-corrected chi connectivity index (χ2v) is 3.58. The van der Waals surface area contributed by atoms with Crippen molar-refractivity contribution in [1.82, 2.24) is 15.3 Å². The molecule has 6 heteroatoms. The molecule has 0 aliphatic carbocycles. The Hall–Kier alpha value is -1.85. The van der Waals surface area contributed by atoms with Crippen LogP contribution in [0.2, 0.25) is 0 Å². The number of amides is 1. The Morgan fingerprint density at radius 1 is 1.47 bits per heavy atom. The fourth-order valence-electron chi connectivity index (χ4n) is 1.44. The van der Waals surface area contributed by atoms with E-state index in [-0.39, 0.29) is 5.91 Å². The Morgan fingerprint density at radius 3 is 2.82 bits per heavy atom. The van der Waals surface area contributed by atoms with E-state index < -0.39 is 0 Å². The smallest absolute Gasteiger partial charge is 0.239 e. The molecule has 0 spiro atoms. The fraction of sp³-hybridized carbons (Fsp3) is 0.545. The average Bonchev–Trinajstić information content (AvgIpc) is 2.38. The molecular formula is C11H19N5O. The number of carbonyl (C=O) groups excluding carboxylic acids is 1. The van der Waals surface area contributed by atoms with Gasteiger partial charge < -0.3 is 15.5 Å². The van der Waals surface area contributed by atoms with Crippen molar-refractivity contribution in [2.75, 3.05) is 37.4 Å². The molecule has 0 bridgehead atoms. The molecule has 1 rings (SSSR count). The highest BCUT2D eigenvalue weighted by atomic mass is 16.1. The van der Waals surface area contributed by atoms with Crippen LogP contribution in [0.1, 0.15) is 13.3 Å². The standard InChI is InChI=1S/C11H19N5O/c1-4-7-16(8-10(17)12-2)9-5-6-14-11(13-3)15-9/h5-6H,4,7-8H2,1-3H3,(H,12,17)(H,13,14,15). The molecule has 0 saturated carbocycles. The summed E-state index contributed by atoms with van der Waals surface area (Å²) in [6, 6.07) is 1.80. The van der Waals surface area contributed by atoms with Crippen LogP contribution in [0.5, 0.6) is 0 Å². The van der Waals surface area contributed by atoms with Crippen molar-refractivity contribution in [3.8, 4) is 0 Å². The van der Waals surface area contributed by atoms with Crippen LogP contribution >= 0.6 is 0 Å². The monoisotopic (exact) mass is 237 g/mol. The Bertz CT molecular complexity index is 369. The lowest BCUT2D eigenvalue weighted by molar-refractivity contribution is -0.119. The maximum atomic E-state index is 11.4. The SMILES string of the molecule is CCCN(CC(=O)NC)c1ccnc(NC)n1. The van der Waals surface area contributed by atoms with Crippen LogP contribution in [-0.4, -0.2) is 43.1 Å². The molecule has 1 aromatic heterocycles. The topological polar surface area (TPSA) is 70.2 Å². The van der Waals surface area contributed by atoms with E-state index in [1.165, 1.54) is 0 Å². The molecule has 2 N–H and O–H groups in total. The molecule has 0 radical (unpaired) electrons. The third-order valence-corrected chi connectivity index (χ3v) is 2.30. The van der Waals surface area contributed by atoms with E-state index in [9.17, 15) is 4.79 Å². The molecule has 94 valence electrons. The summed E-state index contributed by atoms with van der Waals surface area (Å²) >= 11 is 0. The van der Waals surface area contributed by atoms with Gasteiger partial charge in [0.05, 0.1) is 6.54 Å². The van der Waals surface area contributed by atoms with E-state index in [0.717, 1.165) is 18.8 Å². The van der Waals surface area contributed by atoms with Crippen LogP contribution < -0.4 is 15.5 Å². The molecule has 0 aliphatic heterocycles. The van der Waals surface area contributed by atoms with Gasteiger partial charge in [0.25, 0.3) is 0 Å². The molecule has 0 fully saturated rings. The highest BCUT2D eigenvalue weighted by Crippen LogP contribution is 2.11. The average molecular weight is 237 g/mol. The minimum absolute atomic E-state index is 0.0249. The highest BCUT2D eigenvalue weighted by molar-refractivity contribution is 5.80. The molecular weight excluding hydrogens is 218 g/mol. The summed E-state index contributed by atoms with van der Waals surface area (Å²) in [5, 5.41) is 5.49. The lowest BCUT2D eigenvalue weighted by Crippen LogP contribution is -2.36. The normalized spacial score (nSPS) is 9.82. The van der Waals surface area contributed by atoms with E-state index in [2.05, 4.69) is 27.5 Å². The number of nitrogens with one attached hydrogen (secondary N) is 2. The van der Waals surface area contributed by atoms with Gasteiger partial charge in [-0.15, -0.1) is 0 Å². The van der Waals surface area contributed by atoms with Gasteiger partial charge in [-0.05, 0) is 12.5 Å². The zero-order chi connectivity index (χ0) is 12.7. The minimum Gasteiger partial charge on any atom is -0.358 e. The van der Waals surface area contributed by atoms with Gasteiger partial charge in [0.1, 0.15) is 5.82 Å². The molecule has 1 aromatic rings. The number of aromatic nitrogens is 2. The first-order valence-corrected chi connectivity index (χ1v) is 5.67. The summed E-state index contributed by atoms with van der Waals surface area (Å²) in [5.74, 6) is 1.29. The van der Waals surface area contributed by atoms with Crippen molar-refractivity contribution in [3.63, 3.8) is 0 Å². The lowest BCUT2D eigenvalue weighted by Gasteiger charge is -2.22. The molecule has 1 amide bonds. The quantitative estimate of drug-likeness (QED) is 0.753. The molecule has 17 heavy (non-hydrogen) atoms. The van der Waals surface area contributed by atoms with Crippen molar-refractivity contribution < 1.29 is 4.79 Å². The van der Waals surface area contributed by atoms with E-state index in [4.69, 9.17) is 0 Å². The number of hydrogen-bond acceptors (Lipinski definition) is 5. The number of rotatable bonds is 6. The van der Waals surface area contributed by atoms with Crippen molar-refractivity contribution in [2.45, 2.75) is 13.3 Å². The largest absolute Gasteiger partial charge is 0.358 e. The Kier molecular flexibility index (Phi) is 5.19. The number of carbonyl (C=O) groups is 1. The summed E-state index contributed by atoms with van der Waals surface area (Å²) in [4.78, 5) is 21.7. The highest BCUT2D eigenvalue weighted by Gasteiger charge is 2.11. The maximum Gasteiger partial charge on any atom is 0.239 e. The van der Waals surface area contributed by atoms with Crippen molar-refractivity contribution in [2.24, 2.45) is 0 Å². The van der Waals surface area contributed by atoms with Gasteiger partial charge in [-0.2, -0.15) is 4.98 Å². The maximum absolute atomic E-state index is 11.4. The molecule has 0 saturated heterocycles. The third-order valence-electron chi connectivity index (χ3n) is 2.30. The van der Waals surface area contributed by atoms with Crippen LogP contribution in [0.25, 0.3) is 0 Å². The van der Waals surface area contributed by atoms with Crippen molar-refractivity contribution in [3.05, 3.63) is 12.3 Å². The Morgan fingerprint density at radius 2 is 2.24 bits per heavy atom. The van der Waals surface area contributed by atoms with Crippen LogP contribution in [-0.2, 0) is 4.79 Å². The summed E-state index contributed by atoms with van der Waals surface area (Å²) < 4.78 is 0. The van der Waals surface area contributed by atoms with E-state index in [1.807, 2.05) is 4.90 Å². The molecule has 6 nitrogen and oxygen atoms in total. The van der Waals surface area contributed by atoms with Gasteiger partial charge in [-0.1, -0.05) is 6.92 Å². The third kappa shape index (κ3) is 3.90. The van der Waals surface area contributed by atoms with Crippen LogP contribution in [0.4, 0.5) is 11.8 Å². The fourth-order valence-corrected chi connectivity index (χ4v) is 1.44. The predicted octanol–water partition coefficient (Wildman–Crippen LogP) is 0.481. The van der Waals surface area contributed by atoms with Crippen molar-refractivity contribution >= 4 is 17.7 Å². The molecule has 0 unspecified atom stereocenters. The zero-order valence-electron chi connectivity index (χ0n) is 10.5. The van der Waals surface area contributed by atoms with Crippen LogP contribution in [0, 0.1) is 0 Å². The molecule has 0 aliphatic rings. The van der Waals surface area contributed by atoms with Gasteiger partial charge in [-0.25, -0.2) is 4.98 Å². The second kappa shape index (κ2) is 6.67. The second-order valence-electron chi connectivity index (χ2n) is 3.58. The van der Waals surface area contributed by atoms with Crippen LogP contribution in [0.15, 0.2) is 12.3 Å². The van der Waals surface area contributed by atoms with Gasteiger partial charge in [0.2, 0.25) is 11.9 Å². The van der Waals surface area contributed by atoms with E-state index >= 15 is 0 Å². The number of nitrogens with zero attached hydrogens (tertiary/aromatic N) is 3. The van der Waals surface area contributed by atoms with E-state index in [1.54, 1.807) is 26.4 Å². The van der Waals surface area contributed by atoms with E-state index in [0.29, 0.717) is 12.5 Å². The number of anilines is 2. The first-order valence-electron chi connectivity index (χ1n) is 5.67. The Balaban J connectivity index is 2.84. The van der Waals surface area contributed by atoms with Crippen molar-refractivity contribution in [1.29, 1.82) is 0 Å². The van der Waals surface area contributed by atoms with Gasteiger partial charge in [0.15, 0.2) is 0 Å². The van der Waals surface area contributed by atoms with Gasteiger partial charge in [0, 0.05) is 26.8 Å². The molecule has 0 atom stereocenters. The first-order chi connectivity index (χ1) is 8.21. The lowest BCUT2D eigenvalue weighted by atomic mass is 10.3. The Labute approximate surface area is 101 Å². The number of likely N-dealkylation sites (N-methyl/N-ethyl adjacent to an activating group) is 1. The summed E-state index contributed by atoms with van der Waals surface area (Å²) in [5.41, 5.74) is 0. The first kappa shape index (κ1) is 13.2. The molecule has 1 heterocycles. The number of hydrogen-bond donors (Lipinski definition) is 2. The zero-order valence-corrected chi connectivity index (χ0v) is 10.5. The molecule has 0 aromatic carbocycles. The predicted molar refractivity (Wildman–Crippen MR) is 68.1 cm³/mol. The van der Waals surface area contributed by atoms with Crippen LogP contribution in [0.3, 0.4) is 0 Å². The summed E-state index contributed by atoms with van der Waals surface area (Å²) in [7, 11) is 3.40. The minimum atomic E-state index is -0.0249. The summed E-state index contributed by atoms with van der Waals surface area (Å²) in [6.45, 7) is 3.16. The van der Waals surface area contributed by atoms with Gasteiger partial charge in [-0.3, -0.25) is 4.79 Å².